The van der Waals surface area contributed by atoms with Crippen molar-refractivity contribution in [3.63, 3.8) is 0 Å². The van der Waals surface area contributed by atoms with Crippen LogP contribution in [0.15, 0.2) is 0 Å². The predicted molar refractivity (Wildman–Crippen MR) is 59.2 cm³/mol. The summed E-state index contributed by atoms with van der Waals surface area (Å²) >= 11 is 0. The smallest absolute Gasteiger partial charge is 0.230 e. The largest absolute Gasteiger partial charge is 0.473 e. The number of hydrogen-bond acceptors (Lipinski definition) is 4. The van der Waals surface area contributed by atoms with E-state index in [0.29, 0.717) is 11.4 Å². The first-order chi connectivity index (χ1) is 7.72. The van der Waals surface area contributed by atoms with Crippen molar-refractivity contribution < 1.29 is 4.74 Å². The van der Waals surface area contributed by atoms with Crippen molar-refractivity contribution in [3.05, 3.63) is 11.3 Å². The fourth-order valence-electron chi connectivity index (χ4n) is 1.97. The van der Waals surface area contributed by atoms with Crippen LogP contribution in [0.2, 0.25) is 0 Å². The van der Waals surface area contributed by atoms with Crippen LogP contribution in [0.25, 0.3) is 0 Å². The first kappa shape index (κ1) is 11.0. The van der Waals surface area contributed by atoms with E-state index in [0.717, 1.165) is 31.6 Å². The van der Waals surface area contributed by atoms with Gasteiger partial charge in [-0.25, -0.2) is 4.68 Å². The van der Waals surface area contributed by atoms with Gasteiger partial charge < -0.3 is 10.1 Å². The van der Waals surface area contributed by atoms with Gasteiger partial charge in [0.1, 0.15) is 17.7 Å². The summed E-state index contributed by atoms with van der Waals surface area (Å²) in [6.45, 7) is 3.78. The Morgan fingerprint density at radius 2 is 2.19 bits per heavy atom. The maximum atomic E-state index is 9.05. The number of nitrogens with zero attached hydrogens (tertiary/aromatic N) is 3. The lowest BCUT2D eigenvalue weighted by Crippen LogP contribution is -2.34. The molecular weight excluding hydrogens is 204 g/mol. The van der Waals surface area contributed by atoms with Gasteiger partial charge in [0.2, 0.25) is 5.88 Å². The normalized spacial score (nSPS) is 17.1. The Morgan fingerprint density at radius 1 is 1.50 bits per heavy atom. The molecular formula is C11H16N4O. The minimum atomic E-state index is 0.197. The molecule has 1 fully saturated rings. The van der Waals surface area contributed by atoms with Crippen molar-refractivity contribution in [2.75, 3.05) is 13.1 Å². The second-order valence-electron chi connectivity index (χ2n) is 4.07. The van der Waals surface area contributed by atoms with E-state index in [-0.39, 0.29) is 6.10 Å². The van der Waals surface area contributed by atoms with Crippen molar-refractivity contribution in [2.24, 2.45) is 7.05 Å². The zero-order valence-corrected chi connectivity index (χ0v) is 9.66. The number of hydrogen-bond donors (Lipinski definition) is 1. The molecule has 0 amide bonds. The summed E-state index contributed by atoms with van der Waals surface area (Å²) in [7, 11) is 1.81. The van der Waals surface area contributed by atoms with E-state index in [9.17, 15) is 0 Å². The van der Waals surface area contributed by atoms with Gasteiger partial charge in [-0.2, -0.15) is 10.4 Å². The van der Waals surface area contributed by atoms with Gasteiger partial charge >= 0.3 is 0 Å². The highest BCUT2D eigenvalue weighted by Crippen LogP contribution is 2.23. The molecule has 0 aromatic carbocycles. The molecule has 5 heteroatoms. The molecule has 0 bridgehead atoms. The minimum Gasteiger partial charge on any atom is -0.473 e. The summed E-state index contributed by atoms with van der Waals surface area (Å²) < 4.78 is 7.52. The van der Waals surface area contributed by atoms with Crippen molar-refractivity contribution in [3.8, 4) is 11.9 Å². The first-order valence-corrected chi connectivity index (χ1v) is 5.53. The van der Waals surface area contributed by atoms with Crippen LogP contribution in [0.1, 0.15) is 24.1 Å². The minimum absolute atomic E-state index is 0.197. The van der Waals surface area contributed by atoms with Crippen LogP contribution in [-0.2, 0) is 7.05 Å². The molecule has 2 rings (SSSR count). The van der Waals surface area contributed by atoms with Gasteiger partial charge in [0, 0.05) is 7.05 Å². The van der Waals surface area contributed by atoms with E-state index in [2.05, 4.69) is 16.5 Å². The van der Waals surface area contributed by atoms with Crippen molar-refractivity contribution >= 4 is 0 Å². The fraction of sp³-hybridized carbons (Fsp3) is 0.636. The molecule has 2 heterocycles. The molecule has 16 heavy (non-hydrogen) atoms. The number of piperidine rings is 1. The number of rotatable bonds is 2. The van der Waals surface area contributed by atoms with E-state index in [1.165, 1.54) is 0 Å². The number of ether oxygens (including phenoxy) is 1. The highest BCUT2D eigenvalue weighted by Gasteiger charge is 2.20. The van der Waals surface area contributed by atoms with Crippen LogP contribution in [-0.4, -0.2) is 29.0 Å². The molecule has 0 unspecified atom stereocenters. The number of aromatic nitrogens is 2. The van der Waals surface area contributed by atoms with E-state index in [4.69, 9.17) is 10.00 Å². The van der Waals surface area contributed by atoms with E-state index in [1.807, 2.05) is 14.0 Å². The van der Waals surface area contributed by atoms with Crippen LogP contribution >= 0.6 is 0 Å². The highest BCUT2D eigenvalue weighted by molar-refractivity contribution is 5.42. The Morgan fingerprint density at radius 3 is 2.81 bits per heavy atom. The third-order valence-corrected chi connectivity index (χ3v) is 2.85. The predicted octanol–water partition coefficient (Wildman–Crippen LogP) is 0.731. The van der Waals surface area contributed by atoms with Crippen molar-refractivity contribution in [1.29, 1.82) is 5.26 Å². The van der Waals surface area contributed by atoms with Gasteiger partial charge in [-0.1, -0.05) is 0 Å². The van der Waals surface area contributed by atoms with Gasteiger partial charge in [0.15, 0.2) is 0 Å². The Labute approximate surface area is 95.0 Å². The molecule has 5 nitrogen and oxygen atoms in total. The van der Waals surface area contributed by atoms with E-state index < -0.39 is 0 Å². The molecule has 0 aliphatic carbocycles. The van der Waals surface area contributed by atoms with E-state index >= 15 is 0 Å². The average molecular weight is 220 g/mol. The van der Waals surface area contributed by atoms with Crippen molar-refractivity contribution in [2.45, 2.75) is 25.9 Å². The zero-order valence-electron chi connectivity index (χ0n) is 9.66. The van der Waals surface area contributed by atoms with Gasteiger partial charge in [-0.05, 0) is 32.9 Å². The Bertz CT molecular complexity index is 412. The Hall–Kier alpha value is -1.54. The summed E-state index contributed by atoms with van der Waals surface area (Å²) in [5, 5.41) is 16.5. The van der Waals surface area contributed by atoms with Crippen LogP contribution in [0, 0.1) is 18.3 Å². The van der Waals surface area contributed by atoms with Crippen LogP contribution < -0.4 is 10.1 Å². The summed E-state index contributed by atoms with van der Waals surface area (Å²) in [6.07, 6.45) is 2.16. The maximum absolute atomic E-state index is 9.05. The van der Waals surface area contributed by atoms with Crippen LogP contribution in [0.5, 0.6) is 5.88 Å². The second kappa shape index (κ2) is 4.54. The van der Waals surface area contributed by atoms with Crippen LogP contribution in [0.3, 0.4) is 0 Å². The molecule has 1 aromatic rings. The maximum Gasteiger partial charge on any atom is 0.230 e. The molecule has 0 spiro atoms. The molecule has 86 valence electrons. The van der Waals surface area contributed by atoms with Gasteiger partial charge in [0.05, 0.1) is 5.69 Å². The fourth-order valence-corrected chi connectivity index (χ4v) is 1.97. The first-order valence-electron chi connectivity index (χ1n) is 5.53. The summed E-state index contributed by atoms with van der Waals surface area (Å²) in [4.78, 5) is 0. The Balaban J connectivity index is 2.17. The molecule has 1 aliphatic heterocycles. The highest BCUT2D eigenvalue weighted by atomic mass is 16.5. The number of nitrogens with one attached hydrogen (secondary N) is 1. The molecule has 0 atom stereocenters. The number of nitriles is 1. The lowest BCUT2D eigenvalue weighted by molar-refractivity contribution is 0.148. The Kier molecular flexibility index (Phi) is 3.11. The van der Waals surface area contributed by atoms with E-state index in [1.54, 1.807) is 4.68 Å². The molecule has 1 N–H and O–H groups in total. The van der Waals surface area contributed by atoms with Crippen LogP contribution in [0.4, 0.5) is 0 Å². The number of aryl methyl sites for hydroxylation is 2. The lowest BCUT2D eigenvalue weighted by atomic mass is 10.1. The summed E-state index contributed by atoms with van der Waals surface area (Å²) in [5.74, 6) is 0.604. The van der Waals surface area contributed by atoms with Gasteiger partial charge in [-0.15, -0.1) is 0 Å². The molecule has 0 saturated carbocycles. The molecule has 1 aromatic heterocycles. The summed E-state index contributed by atoms with van der Waals surface area (Å²) in [5.41, 5.74) is 1.29. The quantitative estimate of drug-likeness (QED) is 0.798. The van der Waals surface area contributed by atoms with Gasteiger partial charge in [-0.3, -0.25) is 0 Å². The molecule has 1 aliphatic rings. The summed E-state index contributed by atoms with van der Waals surface area (Å²) in [6, 6.07) is 2.15. The average Bonchev–Trinajstić information content (AvgIpc) is 2.55. The standard InChI is InChI=1S/C11H16N4O/c1-8-10(7-12)11(15(2)14-8)16-9-3-5-13-6-4-9/h9,13H,3-6H2,1-2H3. The topological polar surface area (TPSA) is 62.9 Å². The van der Waals surface area contributed by atoms with Gasteiger partial charge in [0.25, 0.3) is 0 Å². The third kappa shape index (κ3) is 2.02. The molecule has 1 saturated heterocycles. The zero-order chi connectivity index (χ0) is 11.5. The second-order valence-corrected chi connectivity index (χ2v) is 4.07. The lowest BCUT2D eigenvalue weighted by Gasteiger charge is -2.23. The van der Waals surface area contributed by atoms with Crippen molar-refractivity contribution in [1.82, 2.24) is 15.1 Å². The monoisotopic (exact) mass is 220 g/mol. The third-order valence-electron chi connectivity index (χ3n) is 2.85. The SMILES string of the molecule is Cc1nn(C)c(OC2CCNCC2)c1C#N. The molecule has 0 radical (unpaired) electrons.